The van der Waals surface area contributed by atoms with Gasteiger partial charge in [0.15, 0.2) is 0 Å². The first-order valence-corrected chi connectivity index (χ1v) is 4.95. The van der Waals surface area contributed by atoms with Gasteiger partial charge in [0.2, 0.25) is 0 Å². The third kappa shape index (κ3) is 2.68. The van der Waals surface area contributed by atoms with Gasteiger partial charge in [-0.25, -0.2) is 0 Å². The van der Waals surface area contributed by atoms with Crippen LogP contribution >= 0.6 is 0 Å². The fourth-order valence-corrected chi connectivity index (χ4v) is 1.91. The van der Waals surface area contributed by atoms with Gasteiger partial charge in [0, 0.05) is 26.2 Å². The largest absolute Gasteiger partial charge is 0.380 e. The Bertz CT molecular complexity index is 188. The molecule has 0 aromatic heterocycles. The third-order valence-electron chi connectivity index (χ3n) is 2.82. The van der Waals surface area contributed by atoms with E-state index < -0.39 is 0 Å². The summed E-state index contributed by atoms with van der Waals surface area (Å²) in [6.07, 6.45) is 3.20. The van der Waals surface area contributed by atoms with Gasteiger partial charge in [-0.15, -0.1) is 0 Å². The predicted molar refractivity (Wildman–Crippen MR) is 51.3 cm³/mol. The summed E-state index contributed by atoms with van der Waals surface area (Å²) in [7, 11) is 1.76. The minimum Gasteiger partial charge on any atom is -0.380 e. The van der Waals surface area contributed by atoms with Crippen molar-refractivity contribution in [2.75, 3.05) is 20.2 Å². The van der Waals surface area contributed by atoms with Crippen molar-refractivity contribution >= 4 is 0 Å². The Balaban J connectivity index is 2.39. The van der Waals surface area contributed by atoms with Gasteiger partial charge in [0.25, 0.3) is 0 Å². The van der Waals surface area contributed by atoms with Crippen molar-refractivity contribution in [1.29, 1.82) is 5.26 Å². The fraction of sp³-hybridized carbons (Fsp3) is 0.900. The van der Waals surface area contributed by atoms with E-state index in [-0.39, 0.29) is 0 Å². The van der Waals surface area contributed by atoms with Crippen molar-refractivity contribution in [3.05, 3.63) is 0 Å². The molecule has 13 heavy (non-hydrogen) atoms. The van der Waals surface area contributed by atoms with Crippen molar-refractivity contribution in [2.45, 2.75) is 38.3 Å². The molecule has 1 aliphatic rings. The molecule has 0 saturated carbocycles. The summed E-state index contributed by atoms with van der Waals surface area (Å²) in [4.78, 5) is 2.37. The van der Waals surface area contributed by atoms with Crippen LogP contribution in [0.2, 0.25) is 0 Å². The lowest BCUT2D eigenvalue weighted by atomic mass is 10.1. The zero-order chi connectivity index (χ0) is 9.68. The van der Waals surface area contributed by atoms with E-state index in [1.54, 1.807) is 7.11 Å². The molecular formula is C10H18N2O. The minimum atomic E-state index is 0.382. The van der Waals surface area contributed by atoms with E-state index in [2.05, 4.69) is 17.9 Å². The normalized spacial score (nSPS) is 25.8. The van der Waals surface area contributed by atoms with E-state index in [1.807, 2.05) is 0 Å². The van der Waals surface area contributed by atoms with Gasteiger partial charge >= 0.3 is 0 Å². The molecule has 3 nitrogen and oxygen atoms in total. The molecule has 0 radical (unpaired) electrons. The molecule has 74 valence electrons. The lowest BCUT2D eigenvalue weighted by Gasteiger charge is -2.24. The molecule has 0 bridgehead atoms. The summed E-state index contributed by atoms with van der Waals surface area (Å²) >= 11 is 0. The number of likely N-dealkylation sites (tertiary alicyclic amines) is 1. The lowest BCUT2D eigenvalue weighted by molar-refractivity contribution is 0.101. The first-order valence-electron chi connectivity index (χ1n) is 4.95. The molecule has 1 saturated heterocycles. The molecular weight excluding hydrogens is 164 g/mol. The van der Waals surface area contributed by atoms with Crippen LogP contribution in [-0.2, 0) is 4.74 Å². The summed E-state index contributed by atoms with van der Waals surface area (Å²) in [6.45, 7) is 4.22. The van der Waals surface area contributed by atoms with Gasteiger partial charge in [0.1, 0.15) is 0 Å². The lowest BCUT2D eigenvalue weighted by Crippen LogP contribution is -2.33. The van der Waals surface area contributed by atoms with Crippen molar-refractivity contribution in [1.82, 2.24) is 4.90 Å². The zero-order valence-electron chi connectivity index (χ0n) is 8.49. The van der Waals surface area contributed by atoms with Gasteiger partial charge in [-0.3, -0.25) is 4.90 Å². The Morgan fingerprint density at radius 2 is 2.46 bits per heavy atom. The topological polar surface area (TPSA) is 36.3 Å². The van der Waals surface area contributed by atoms with Crippen molar-refractivity contribution in [2.24, 2.45) is 0 Å². The summed E-state index contributed by atoms with van der Waals surface area (Å²) in [5.74, 6) is 0. The number of hydrogen-bond acceptors (Lipinski definition) is 3. The average molecular weight is 182 g/mol. The number of nitriles is 1. The predicted octanol–water partition coefficient (Wildman–Crippen LogP) is 1.40. The Morgan fingerprint density at radius 1 is 1.69 bits per heavy atom. The first-order chi connectivity index (χ1) is 6.31. The van der Waals surface area contributed by atoms with E-state index in [1.165, 1.54) is 0 Å². The van der Waals surface area contributed by atoms with Gasteiger partial charge in [-0.05, 0) is 12.8 Å². The molecule has 0 N–H and O–H groups in total. The fourth-order valence-electron chi connectivity index (χ4n) is 1.91. The van der Waals surface area contributed by atoms with Gasteiger partial charge in [0.05, 0.1) is 18.6 Å². The molecule has 0 amide bonds. The van der Waals surface area contributed by atoms with Crippen molar-refractivity contribution < 1.29 is 4.74 Å². The third-order valence-corrected chi connectivity index (χ3v) is 2.82. The molecule has 1 heterocycles. The highest BCUT2D eigenvalue weighted by Crippen LogP contribution is 2.18. The Morgan fingerprint density at radius 3 is 2.92 bits per heavy atom. The van der Waals surface area contributed by atoms with Crippen LogP contribution in [0.25, 0.3) is 0 Å². The molecule has 1 aliphatic heterocycles. The first kappa shape index (κ1) is 10.5. The summed E-state index contributed by atoms with van der Waals surface area (Å²) in [6, 6.07) is 2.68. The van der Waals surface area contributed by atoms with Crippen LogP contribution in [0, 0.1) is 11.3 Å². The monoisotopic (exact) mass is 182 g/mol. The Labute approximate surface area is 80.3 Å². The second kappa shape index (κ2) is 5.21. The van der Waals surface area contributed by atoms with Crippen LogP contribution in [0.3, 0.4) is 0 Å². The quantitative estimate of drug-likeness (QED) is 0.659. The SMILES string of the molecule is CCC(CC#N)N1CCC(OC)C1. The molecule has 2 atom stereocenters. The number of rotatable bonds is 4. The highest BCUT2D eigenvalue weighted by molar-refractivity contribution is 4.86. The maximum absolute atomic E-state index is 8.64. The average Bonchev–Trinajstić information content (AvgIpc) is 2.62. The van der Waals surface area contributed by atoms with E-state index in [9.17, 15) is 0 Å². The van der Waals surface area contributed by atoms with E-state index in [0.29, 0.717) is 18.6 Å². The van der Waals surface area contributed by atoms with E-state index in [4.69, 9.17) is 10.00 Å². The van der Waals surface area contributed by atoms with Crippen LogP contribution < -0.4 is 0 Å². The Kier molecular flexibility index (Phi) is 4.20. The maximum Gasteiger partial charge on any atom is 0.0710 e. The zero-order valence-corrected chi connectivity index (χ0v) is 8.49. The smallest absolute Gasteiger partial charge is 0.0710 e. The number of hydrogen-bond donors (Lipinski definition) is 0. The molecule has 0 aromatic carbocycles. The summed E-state index contributed by atoms with van der Waals surface area (Å²) in [5.41, 5.74) is 0. The number of methoxy groups -OCH3 is 1. The molecule has 0 aliphatic carbocycles. The van der Waals surface area contributed by atoms with Gasteiger partial charge in [-0.1, -0.05) is 6.92 Å². The van der Waals surface area contributed by atoms with Gasteiger partial charge < -0.3 is 4.74 Å². The standard InChI is InChI=1S/C10H18N2O/c1-3-9(4-6-11)12-7-5-10(8-12)13-2/h9-10H,3-5,7-8H2,1-2H3. The molecule has 0 aromatic rings. The van der Waals surface area contributed by atoms with Crippen LogP contribution in [-0.4, -0.2) is 37.2 Å². The van der Waals surface area contributed by atoms with Gasteiger partial charge in [-0.2, -0.15) is 5.26 Å². The van der Waals surface area contributed by atoms with Crippen LogP contribution in [0.1, 0.15) is 26.2 Å². The maximum atomic E-state index is 8.64. The summed E-state index contributed by atoms with van der Waals surface area (Å²) < 4.78 is 5.29. The second-order valence-corrected chi connectivity index (χ2v) is 3.57. The van der Waals surface area contributed by atoms with E-state index >= 15 is 0 Å². The number of ether oxygens (including phenoxy) is 1. The second-order valence-electron chi connectivity index (χ2n) is 3.57. The summed E-state index contributed by atoms with van der Waals surface area (Å²) in [5, 5.41) is 8.64. The molecule has 3 heteroatoms. The van der Waals surface area contributed by atoms with Crippen LogP contribution in [0.15, 0.2) is 0 Å². The van der Waals surface area contributed by atoms with Crippen molar-refractivity contribution in [3.8, 4) is 6.07 Å². The molecule has 2 unspecified atom stereocenters. The molecule has 0 spiro atoms. The minimum absolute atomic E-state index is 0.382. The number of nitrogens with zero attached hydrogens (tertiary/aromatic N) is 2. The highest BCUT2D eigenvalue weighted by Gasteiger charge is 2.26. The molecule has 1 fully saturated rings. The molecule has 1 rings (SSSR count). The van der Waals surface area contributed by atoms with Crippen LogP contribution in [0.5, 0.6) is 0 Å². The Hall–Kier alpha value is -0.590. The van der Waals surface area contributed by atoms with Crippen LogP contribution in [0.4, 0.5) is 0 Å². The highest BCUT2D eigenvalue weighted by atomic mass is 16.5. The van der Waals surface area contributed by atoms with E-state index in [0.717, 1.165) is 25.9 Å². The van der Waals surface area contributed by atoms with Crippen molar-refractivity contribution in [3.63, 3.8) is 0 Å².